The minimum absolute atomic E-state index is 0.0108. The van der Waals surface area contributed by atoms with Crippen molar-refractivity contribution in [2.45, 2.75) is 63.8 Å². The minimum Gasteiger partial charge on any atom is -0.486 e. The van der Waals surface area contributed by atoms with Crippen molar-refractivity contribution in [3.05, 3.63) is 48.0 Å². The maximum Gasteiger partial charge on any atom is 0.427 e. The molecule has 3 rings (SSSR count). The van der Waals surface area contributed by atoms with Crippen molar-refractivity contribution in [3.8, 4) is 5.75 Å². The van der Waals surface area contributed by atoms with Gasteiger partial charge in [0.05, 0.1) is 17.1 Å². The van der Waals surface area contributed by atoms with Gasteiger partial charge < -0.3 is 9.47 Å². The number of nitrogens with zero attached hydrogens (tertiary/aromatic N) is 1. The van der Waals surface area contributed by atoms with Crippen molar-refractivity contribution in [3.63, 3.8) is 0 Å². The van der Waals surface area contributed by atoms with Gasteiger partial charge in [-0.2, -0.15) is 13.2 Å². The molecule has 0 aromatic heterocycles. The number of rotatable bonds is 7. The van der Waals surface area contributed by atoms with Crippen molar-refractivity contribution in [2.24, 2.45) is 11.3 Å². The highest BCUT2D eigenvalue weighted by molar-refractivity contribution is 7.92. The molecule has 0 spiro atoms. The molecule has 0 aliphatic carbocycles. The largest absolute Gasteiger partial charge is 0.486 e. The van der Waals surface area contributed by atoms with Crippen LogP contribution in [0, 0.1) is 12.3 Å². The first-order valence-electron chi connectivity index (χ1n) is 11.9. The summed E-state index contributed by atoms with van der Waals surface area (Å²) < 4.78 is 78.5. The van der Waals surface area contributed by atoms with E-state index in [9.17, 15) is 31.2 Å². The Morgan fingerprint density at radius 3 is 2.28 bits per heavy atom. The summed E-state index contributed by atoms with van der Waals surface area (Å²) in [6.07, 6.45) is -6.85. The van der Waals surface area contributed by atoms with Crippen LogP contribution in [-0.4, -0.2) is 44.8 Å². The molecule has 10 nitrogen and oxygen atoms in total. The van der Waals surface area contributed by atoms with Crippen LogP contribution >= 0.6 is 0 Å². The number of hydrogen-bond donors (Lipinski definition) is 3. The summed E-state index contributed by atoms with van der Waals surface area (Å²) in [6.45, 7) is 6.28. The predicted octanol–water partition coefficient (Wildman–Crippen LogP) is 4.25. The first-order chi connectivity index (χ1) is 17.9. The van der Waals surface area contributed by atoms with E-state index in [0.717, 1.165) is 9.87 Å². The number of amides is 2. The van der Waals surface area contributed by atoms with E-state index in [1.165, 1.54) is 30.3 Å². The molecule has 0 fully saturated rings. The summed E-state index contributed by atoms with van der Waals surface area (Å²) in [4.78, 5) is 24.5. The third-order valence-electron chi connectivity index (χ3n) is 6.26. The van der Waals surface area contributed by atoms with E-state index < -0.39 is 45.3 Å². The number of nitrogens with two attached hydrogens (primary N) is 1. The molecule has 1 aliphatic rings. The Balaban J connectivity index is 1.99. The lowest BCUT2D eigenvalue weighted by molar-refractivity contribution is -0.242. The van der Waals surface area contributed by atoms with Crippen molar-refractivity contribution < 1.29 is 40.7 Å². The number of hydrazine groups is 1. The van der Waals surface area contributed by atoms with Gasteiger partial charge in [-0.1, -0.05) is 31.5 Å². The number of benzene rings is 2. The Morgan fingerprint density at radius 1 is 1.10 bits per heavy atom. The second kappa shape index (κ2) is 10.6. The number of ether oxygens (including phenoxy) is 2. The van der Waals surface area contributed by atoms with Crippen molar-refractivity contribution in [1.82, 2.24) is 5.43 Å². The number of sulfonamides is 1. The second-order valence-corrected chi connectivity index (χ2v) is 12.2. The van der Waals surface area contributed by atoms with E-state index in [4.69, 9.17) is 10.6 Å². The van der Waals surface area contributed by atoms with Crippen LogP contribution in [0.15, 0.2) is 47.4 Å². The predicted molar refractivity (Wildman–Crippen MR) is 138 cm³/mol. The Labute approximate surface area is 224 Å². The maximum absolute atomic E-state index is 13.7. The van der Waals surface area contributed by atoms with Crippen molar-refractivity contribution >= 4 is 33.4 Å². The molecule has 214 valence electrons. The van der Waals surface area contributed by atoms with Crippen molar-refractivity contribution in [2.75, 3.05) is 16.2 Å². The highest BCUT2D eigenvalue weighted by Gasteiger charge is 2.51. The molecule has 1 aliphatic heterocycles. The van der Waals surface area contributed by atoms with Crippen LogP contribution < -0.4 is 25.6 Å². The molecule has 4 N–H and O–H groups in total. The molecule has 1 atom stereocenters. The van der Waals surface area contributed by atoms with Crippen LogP contribution in [0.4, 0.5) is 29.3 Å². The van der Waals surface area contributed by atoms with E-state index in [2.05, 4.69) is 15.5 Å². The van der Waals surface area contributed by atoms with Gasteiger partial charge in [0.1, 0.15) is 11.9 Å². The molecule has 2 aromatic carbocycles. The topological polar surface area (TPSA) is 140 Å². The van der Waals surface area contributed by atoms with Gasteiger partial charge in [-0.3, -0.25) is 19.8 Å². The quantitative estimate of drug-likeness (QED) is 0.256. The highest BCUT2D eigenvalue weighted by Crippen LogP contribution is 2.41. The second-order valence-electron chi connectivity index (χ2n) is 10.4. The molecule has 2 amide bonds. The van der Waals surface area contributed by atoms with Gasteiger partial charge in [-0.15, -0.1) is 0 Å². The molecular weight excluding hydrogens is 541 g/mol. The van der Waals surface area contributed by atoms with Gasteiger partial charge >= 0.3 is 12.3 Å². The number of fused-ring (bicyclic) bond motifs is 1. The van der Waals surface area contributed by atoms with E-state index in [1.54, 1.807) is 32.9 Å². The van der Waals surface area contributed by atoms with Crippen LogP contribution in [0.2, 0.25) is 0 Å². The summed E-state index contributed by atoms with van der Waals surface area (Å²) in [5.74, 6) is 4.95. The van der Waals surface area contributed by atoms with Gasteiger partial charge in [0, 0.05) is 11.1 Å². The summed E-state index contributed by atoms with van der Waals surface area (Å²) >= 11 is 0. The summed E-state index contributed by atoms with van der Waals surface area (Å²) in [5.41, 5.74) is -0.814. The third-order valence-corrected chi connectivity index (χ3v) is 8.05. The third kappa shape index (κ3) is 6.56. The molecule has 0 saturated heterocycles. The number of hydrogen-bond acceptors (Lipinski definition) is 7. The lowest BCUT2D eigenvalue weighted by atomic mass is 9.85. The fourth-order valence-electron chi connectivity index (χ4n) is 3.85. The van der Waals surface area contributed by atoms with Crippen LogP contribution in [0.5, 0.6) is 5.75 Å². The maximum atomic E-state index is 13.7. The van der Waals surface area contributed by atoms with Crippen LogP contribution in [0.1, 0.15) is 39.7 Å². The molecule has 0 radical (unpaired) electrons. The van der Waals surface area contributed by atoms with Crippen LogP contribution in [0.3, 0.4) is 0 Å². The van der Waals surface area contributed by atoms with Gasteiger partial charge in [0.15, 0.2) is 0 Å². The summed E-state index contributed by atoms with van der Waals surface area (Å²) in [6, 6.07) is 10.1. The number of aryl methyl sites for hydroxylation is 1. The van der Waals surface area contributed by atoms with Gasteiger partial charge in [-0.25, -0.2) is 19.1 Å². The zero-order chi connectivity index (χ0) is 29.4. The fraction of sp³-hybridized carbons (Fsp3) is 0.440. The number of carbonyl (C=O) groups is 2. The van der Waals surface area contributed by atoms with Gasteiger partial charge in [-0.05, 0) is 57.5 Å². The zero-order valence-corrected chi connectivity index (χ0v) is 22.9. The molecule has 39 heavy (non-hydrogen) atoms. The lowest BCUT2D eigenvalue weighted by Crippen LogP contribution is -2.48. The minimum atomic E-state index is -4.81. The average molecular weight is 573 g/mol. The zero-order valence-electron chi connectivity index (χ0n) is 22.0. The number of nitrogens with one attached hydrogen (secondary N) is 2. The van der Waals surface area contributed by atoms with Crippen molar-refractivity contribution in [1.29, 1.82) is 0 Å². The number of anilines is 2. The van der Waals surface area contributed by atoms with E-state index in [1.807, 2.05) is 0 Å². The molecule has 0 bridgehead atoms. The Kier molecular flexibility index (Phi) is 8.14. The smallest absolute Gasteiger partial charge is 0.427 e. The standard InChI is InChI=1S/C25H31F3N4O6S/c1-15-6-9-18(10-7-15)39(35,36)32-14-17(13-23(2,3)21(33)31-29)37-20-11-8-16(12-19(20)32)30-22(34)38-24(4,5)25(26,27)28/h6-12,17H,13-14,29H2,1-5H3,(H,30,34)(H,31,33)/t17-/m0/s1. The molecule has 0 unspecified atom stereocenters. The molecule has 14 heteroatoms. The Hall–Kier alpha value is -3.52. The summed E-state index contributed by atoms with van der Waals surface area (Å²) in [7, 11) is -4.16. The first kappa shape index (κ1) is 30.0. The van der Waals surface area contributed by atoms with E-state index in [-0.39, 0.29) is 35.0 Å². The van der Waals surface area contributed by atoms with Crippen LogP contribution in [0.25, 0.3) is 0 Å². The first-order valence-corrected chi connectivity index (χ1v) is 13.3. The van der Waals surface area contributed by atoms with E-state index >= 15 is 0 Å². The average Bonchev–Trinajstić information content (AvgIpc) is 2.82. The lowest BCUT2D eigenvalue weighted by Gasteiger charge is -2.38. The Morgan fingerprint density at radius 2 is 1.72 bits per heavy atom. The van der Waals surface area contributed by atoms with Crippen LogP contribution in [-0.2, 0) is 19.6 Å². The van der Waals surface area contributed by atoms with E-state index in [0.29, 0.717) is 13.8 Å². The monoisotopic (exact) mass is 572 g/mol. The Bertz CT molecular complexity index is 1340. The normalized spacial score (nSPS) is 16.1. The molecule has 0 saturated carbocycles. The molecular formula is C25H31F3N4O6S. The number of carbonyl (C=O) groups excluding carboxylic acids is 2. The molecule has 1 heterocycles. The SMILES string of the molecule is Cc1ccc(S(=O)(=O)N2C[C@H](CC(C)(C)C(=O)NN)Oc3ccc(NC(=O)OC(C)(C)C(F)(F)F)cc32)cc1. The number of halogens is 3. The summed E-state index contributed by atoms with van der Waals surface area (Å²) in [5, 5.41) is 2.21. The van der Waals surface area contributed by atoms with Gasteiger partial charge in [0.2, 0.25) is 11.5 Å². The highest BCUT2D eigenvalue weighted by atomic mass is 32.2. The number of alkyl halides is 3. The molecule has 2 aromatic rings. The van der Waals surface area contributed by atoms with Gasteiger partial charge in [0.25, 0.3) is 10.0 Å². The fourth-order valence-corrected chi connectivity index (χ4v) is 5.35.